The number of likely N-dealkylation sites (N-methyl/N-ethyl adjacent to an activating group) is 1. The molecule has 85 valence electrons. The fourth-order valence-electron chi connectivity index (χ4n) is 2.49. The molecule has 2 aromatic rings. The summed E-state index contributed by atoms with van der Waals surface area (Å²) in [4.78, 5) is 2.24. The molecule has 0 aromatic heterocycles. The number of hydrogen-bond donors (Lipinski definition) is 1. The van der Waals surface area contributed by atoms with Gasteiger partial charge in [-0.15, -0.1) is 0 Å². The van der Waals surface area contributed by atoms with Crippen molar-refractivity contribution in [3.05, 3.63) is 48.0 Å². The Balaban J connectivity index is 2.23. The molecule has 0 amide bonds. The summed E-state index contributed by atoms with van der Waals surface area (Å²) in [6, 6.07) is 14.7. The molecule has 0 unspecified atom stereocenters. The number of para-hydroxylation sites is 1. The van der Waals surface area contributed by atoms with E-state index in [-0.39, 0.29) is 0 Å². The van der Waals surface area contributed by atoms with E-state index in [0.29, 0.717) is 5.75 Å². The van der Waals surface area contributed by atoms with Crippen molar-refractivity contribution in [3.63, 3.8) is 0 Å². The van der Waals surface area contributed by atoms with Gasteiger partial charge in [-0.2, -0.15) is 0 Å². The van der Waals surface area contributed by atoms with E-state index in [4.69, 9.17) is 0 Å². The lowest BCUT2D eigenvalue weighted by Gasteiger charge is -2.17. The minimum atomic E-state index is 0.293. The molecule has 0 saturated carbocycles. The molecule has 17 heavy (non-hydrogen) atoms. The Kier molecular flexibility index (Phi) is 2.29. The lowest BCUT2D eigenvalue weighted by atomic mass is 9.99. The Labute approximate surface area is 101 Å². The van der Waals surface area contributed by atoms with E-state index in [9.17, 15) is 5.11 Å². The van der Waals surface area contributed by atoms with E-state index < -0.39 is 0 Å². The summed E-state index contributed by atoms with van der Waals surface area (Å²) in [6.07, 6.45) is 1.08. The van der Waals surface area contributed by atoms with Crippen molar-refractivity contribution < 1.29 is 5.11 Å². The molecule has 0 spiro atoms. The molecule has 0 fully saturated rings. The summed E-state index contributed by atoms with van der Waals surface area (Å²) in [7, 11) is 2.09. The molecule has 1 aliphatic rings. The van der Waals surface area contributed by atoms with Crippen LogP contribution in [0.15, 0.2) is 36.4 Å². The zero-order chi connectivity index (χ0) is 11.8. The van der Waals surface area contributed by atoms with E-state index in [1.807, 2.05) is 18.2 Å². The number of rotatable bonds is 1. The Morgan fingerprint density at radius 3 is 2.94 bits per heavy atom. The van der Waals surface area contributed by atoms with E-state index in [1.165, 1.54) is 11.3 Å². The Morgan fingerprint density at radius 1 is 1.24 bits per heavy atom. The topological polar surface area (TPSA) is 23.5 Å². The molecular weight excluding hydrogens is 210 g/mol. The highest BCUT2D eigenvalue weighted by Gasteiger charge is 2.20. The molecule has 0 aliphatic carbocycles. The van der Waals surface area contributed by atoms with Crippen LogP contribution in [-0.4, -0.2) is 18.7 Å². The second kappa shape index (κ2) is 3.81. The lowest BCUT2D eigenvalue weighted by molar-refractivity contribution is 0.477. The lowest BCUT2D eigenvalue weighted by Crippen LogP contribution is -2.13. The van der Waals surface area contributed by atoms with Gasteiger partial charge in [0.1, 0.15) is 5.75 Å². The number of benzene rings is 2. The number of phenols is 1. The van der Waals surface area contributed by atoms with Gasteiger partial charge < -0.3 is 10.0 Å². The van der Waals surface area contributed by atoms with E-state index in [2.05, 4.69) is 24.1 Å². The summed E-state index contributed by atoms with van der Waals surface area (Å²) in [5, 5.41) is 9.93. The Morgan fingerprint density at radius 2 is 2.12 bits per heavy atom. The highest BCUT2D eigenvalue weighted by Crippen LogP contribution is 2.40. The molecule has 1 aliphatic heterocycles. The van der Waals surface area contributed by atoms with Gasteiger partial charge in [-0.3, -0.25) is 0 Å². The van der Waals surface area contributed by atoms with Gasteiger partial charge >= 0.3 is 0 Å². The van der Waals surface area contributed by atoms with Crippen molar-refractivity contribution in [3.8, 4) is 16.9 Å². The number of hydrogen-bond acceptors (Lipinski definition) is 2. The van der Waals surface area contributed by atoms with E-state index in [1.54, 1.807) is 12.1 Å². The second-order valence-corrected chi connectivity index (χ2v) is 4.42. The summed E-state index contributed by atoms with van der Waals surface area (Å²) < 4.78 is 0. The van der Waals surface area contributed by atoms with Crippen LogP contribution in [0.1, 0.15) is 5.56 Å². The normalized spacial score (nSPS) is 13.8. The van der Waals surface area contributed by atoms with Crippen LogP contribution in [0.3, 0.4) is 0 Å². The summed E-state index contributed by atoms with van der Waals surface area (Å²) >= 11 is 0. The maximum Gasteiger partial charge on any atom is 0.124 e. The van der Waals surface area contributed by atoms with Gasteiger partial charge in [-0.05, 0) is 24.1 Å². The highest BCUT2D eigenvalue weighted by atomic mass is 16.3. The third kappa shape index (κ3) is 1.57. The van der Waals surface area contributed by atoms with Crippen LogP contribution in [0.2, 0.25) is 0 Å². The molecule has 1 heterocycles. The Bertz CT molecular complexity index is 563. The zero-order valence-corrected chi connectivity index (χ0v) is 9.77. The predicted octanol–water partition coefficient (Wildman–Crippen LogP) is 2.85. The number of phenolic OH excluding ortho intramolecular Hbond substituents is 1. The molecular formula is C15H14NO. The summed E-state index contributed by atoms with van der Waals surface area (Å²) in [5.74, 6) is 0.293. The fraction of sp³-hybridized carbons (Fsp3) is 0.200. The van der Waals surface area contributed by atoms with Crippen molar-refractivity contribution >= 4 is 5.69 Å². The van der Waals surface area contributed by atoms with Crippen molar-refractivity contribution in [2.24, 2.45) is 0 Å². The first-order valence-electron chi connectivity index (χ1n) is 5.80. The number of anilines is 1. The van der Waals surface area contributed by atoms with Crippen molar-refractivity contribution in [1.29, 1.82) is 0 Å². The van der Waals surface area contributed by atoms with Crippen molar-refractivity contribution in [2.45, 2.75) is 6.42 Å². The van der Waals surface area contributed by atoms with Gasteiger partial charge in [-0.25, -0.2) is 0 Å². The van der Waals surface area contributed by atoms with Crippen LogP contribution in [0.5, 0.6) is 5.75 Å². The third-order valence-electron chi connectivity index (χ3n) is 3.32. The summed E-state index contributed by atoms with van der Waals surface area (Å²) in [6.45, 7) is 1.04. The number of nitrogens with zero attached hydrogens (tertiary/aromatic N) is 1. The van der Waals surface area contributed by atoms with Gasteiger partial charge in [0.2, 0.25) is 0 Å². The zero-order valence-electron chi connectivity index (χ0n) is 9.77. The first kappa shape index (κ1) is 10.2. The Hall–Kier alpha value is -1.96. The number of aromatic hydroxyl groups is 1. The molecule has 2 aromatic carbocycles. The van der Waals surface area contributed by atoms with E-state index >= 15 is 0 Å². The standard InChI is InChI=1S/C15H14NO/c1-16-10-9-11-5-4-7-13(15(11)16)12-6-2-3-8-14(12)17/h2-5,7-8,17H,9-10H2,1H3. The van der Waals surface area contributed by atoms with Crippen LogP contribution in [-0.2, 0) is 6.42 Å². The number of fused-ring (bicyclic) bond motifs is 1. The third-order valence-corrected chi connectivity index (χ3v) is 3.32. The van der Waals surface area contributed by atoms with Crippen LogP contribution < -0.4 is 4.90 Å². The largest absolute Gasteiger partial charge is 0.507 e. The predicted molar refractivity (Wildman–Crippen MR) is 69.4 cm³/mol. The molecule has 0 saturated heterocycles. The quantitative estimate of drug-likeness (QED) is 0.805. The minimum absolute atomic E-state index is 0.293. The maximum absolute atomic E-state index is 9.93. The first-order chi connectivity index (χ1) is 8.27. The molecule has 2 nitrogen and oxygen atoms in total. The smallest absolute Gasteiger partial charge is 0.124 e. The highest BCUT2D eigenvalue weighted by molar-refractivity contribution is 5.84. The maximum atomic E-state index is 9.93. The molecule has 2 heteroatoms. The van der Waals surface area contributed by atoms with E-state index in [0.717, 1.165) is 24.1 Å². The summed E-state index contributed by atoms with van der Waals surface area (Å²) in [5.41, 5.74) is 4.44. The van der Waals surface area contributed by atoms with Crippen LogP contribution in [0.25, 0.3) is 11.1 Å². The van der Waals surface area contributed by atoms with Crippen molar-refractivity contribution in [2.75, 3.05) is 18.5 Å². The minimum Gasteiger partial charge on any atom is -0.507 e. The average Bonchev–Trinajstić information content (AvgIpc) is 2.72. The van der Waals surface area contributed by atoms with Crippen LogP contribution in [0, 0.1) is 6.07 Å². The van der Waals surface area contributed by atoms with Crippen molar-refractivity contribution in [1.82, 2.24) is 0 Å². The second-order valence-electron chi connectivity index (χ2n) is 4.42. The van der Waals surface area contributed by atoms with Crippen LogP contribution >= 0.6 is 0 Å². The van der Waals surface area contributed by atoms with Gasteiger partial charge in [0.25, 0.3) is 0 Å². The molecule has 1 radical (unpaired) electrons. The van der Waals surface area contributed by atoms with Gasteiger partial charge in [-0.1, -0.05) is 30.3 Å². The van der Waals surface area contributed by atoms with Gasteiger partial charge in [0, 0.05) is 30.4 Å². The first-order valence-corrected chi connectivity index (χ1v) is 5.80. The molecule has 0 atom stereocenters. The monoisotopic (exact) mass is 224 g/mol. The SMILES string of the molecule is CN1CCc2cccc(-c3[c]cccc3O)c21. The molecule has 3 rings (SSSR count). The fourth-order valence-corrected chi connectivity index (χ4v) is 2.49. The van der Waals surface area contributed by atoms with Gasteiger partial charge in [0.05, 0.1) is 0 Å². The van der Waals surface area contributed by atoms with Crippen LogP contribution in [0.4, 0.5) is 5.69 Å². The average molecular weight is 224 g/mol. The van der Waals surface area contributed by atoms with Gasteiger partial charge in [0.15, 0.2) is 0 Å². The molecule has 1 N–H and O–H groups in total. The molecule has 0 bridgehead atoms.